The van der Waals surface area contributed by atoms with Gasteiger partial charge in [0.05, 0.1) is 0 Å². The Kier molecular flexibility index (Phi) is 4.24. The lowest BCUT2D eigenvalue weighted by atomic mass is 9.89. The topological polar surface area (TPSA) is 75.6 Å². The molecule has 1 aliphatic carbocycles. The third-order valence-electron chi connectivity index (χ3n) is 3.29. The van der Waals surface area contributed by atoms with E-state index in [1.807, 2.05) is 6.07 Å². The van der Waals surface area contributed by atoms with Crippen molar-refractivity contribution in [1.29, 1.82) is 5.26 Å². The zero-order chi connectivity index (χ0) is 13.9. The van der Waals surface area contributed by atoms with Gasteiger partial charge in [-0.05, 0) is 36.1 Å². The number of nitriles is 1. The van der Waals surface area contributed by atoms with Crippen molar-refractivity contribution in [3.63, 3.8) is 0 Å². The average molecular weight is 327 g/mol. The SMILES string of the molecule is N#Cc1c(Cl)nsc1Sc1nnc(C2CCCCC2)o1. The molecule has 2 aromatic rings. The van der Waals surface area contributed by atoms with E-state index >= 15 is 0 Å². The van der Waals surface area contributed by atoms with E-state index in [1.54, 1.807) is 0 Å². The van der Waals surface area contributed by atoms with Crippen molar-refractivity contribution < 1.29 is 4.42 Å². The van der Waals surface area contributed by atoms with Crippen LogP contribution in [-0.4, -0.2) is 14.6 Å². The molecule has 0 amide bonds. The van der Waals surface area contributed by atoms with Gasteiger partial charge in [-0.15, -0.1) is 10.2 Å². The second-order valence-electron chi connectivity index (χ2n) is 4.59. The van der Waals surface area contributed by atoms with Crippen LogP contribution in [0.2, 0.25) is 5.15 Å². The van der Waals surface area contributed by atoms with Crippen molar-refractivity contribution in [2.45, 2.75) is 47.5 Å². The molecule has 3 rings (SSSR count). The predicted molar refractivity (Wildman–Crippen MR) is 76.1 cm³/mol. The minimum Gasteiger partial charge on any atom is -0.415 e. The molecule has 0 bridgehead atoms. The van der Waals surface area contributed by atoms with Crippen molar-refractivity contribution >= 4 is 34.9 Å². The number of hydrogen-bond donors (Lipinski definition) is 0. The first-order valence-corrected chi connectivity index (χ1v) is 8.31. The molecule has 0 atom stereocenters. The summed E-state index contributed by atoms with van der Waals surface area (Å²) in [6.07, 6.45) is 5.96. The van der Waals surface area contributed by atoms with Gasteiger partial charge in [-0.2, -0.15) is 9.64 Å². The maximum Gasteiger partial charge on any atom is 0.282 e. The quantitative estimate of drug-likeness (QED) is 0.839. The Hall–Kier alpha value is -1.10. The van der Waals surface area contributed by atoms with Gasteiger partial charge in [0.2, 0.25) is 5.89 Å². The van der Waals surface area contributed by atoms with Crippen LogP contribution in [0.5, 0.6) is 0 Å². The minimum absolute atomic E-state index is 0.229. The second kappa shape index (κ2) is 6.12. The Bertz CT molecular complexity index is 642. The molecule has 0 unspecified atom stereocenters. The Morgan fingerprint density at radius 1 is 1.30 bits per heavy atom. The van der Waals surface area contributed by atoms with E-state index in [1.165, 1.54) is 42.6 Å². The van der Waals surface area contributed by atoms with Gasteiger partial charge >= 0.3 is 0 Å². The number of aromatic nitrogens is 3. The molecule has 1 aliphatic rings. The highest BCUT2D eigenvalue weighted by Gasteiger charge is 2.22. The molecule has 0 spiro atoms. The molecule has 0 radical (unpaired) electrons. The monoisotopic (exact) mass is 326 g/mol. The summed E-state index contributed by atoms with van der Waals surface area (Å²) in [5.74, 6) is 1.09. The van der Waals surface area contributed by atoms with Crippen LogP contribution >= 0.6 is 34.9 Å². The summed E-state index contributed by atoms with van der Waals surface area (Å²) >= 11 is 8.26. The molecule has 2 heterocycles. The van der Waals surface area contributed by atoms with Gasteiger partial charge < -0.3 is 4.42 Å². The van der Waals surface area contributed by atoms with E-state index in [0.29, 0.717) is 26.8 Å². The second-order valence-corrected chi connectivity index (χ2v) is 6.94. The minimum atomic E-state index is 0.229. The van der Waals surface area contributed by atoms with Crippen molar-refractivity contribution in [2.75, 3.05) is 0 Å². The van der Waals surface area contributed by atoms with E-state index in [0.717, 1.165) is 12.8 Å². The van der Waals surface area contributed by atoms with Gasteiger partial charge in [-0.25, -0.2) is 0 Å². The van der Waals surface area contributed by atoms with Gasteiger partial charge in [-0.1, -0.05) is 30.9 Å². The highest BCUT2D eigenvalue weighted by Crippen LogP contribution is 2.38. The van der Waals surface area contributed by atoms with Crippen LogP contribution < -0.4 is 0 Å². The zero-order valence-corrected chi connectivity index (χ0v) is 12.9. The predicted octanol–water partition coefficient (Wildman–Crippen LogP) is 4.25. The number of nitrogens with zero attached hydrogens (tertiary/aromatic N) is 4. The van der Waals surface area contributed by atoms with Crippen molar-refractivity contribution in [1.82, 2.24) is 14.6 Å². The van der Waals surface area contributed by atoms with E-state index in [2.05, 4.69) is 14.6 Å². The highest BCUT2D eigenvalue weighted by atomic mass is 35.5. The first-order valence-electron chi connectivity index (χ1n) is 6.34. The molecule has 0 N–H and O–H groups in total. The number of rotatable bonds is 3. The fourth-order valence-electron chi connectivity index (χ4n) is 2.27. The fourth-order valence-corrected chi connectivity index (χ4v) is 4.20. The summed E-state index contributed by atoms with van der Waals surface area (Å²) in [7, 11) is 0. The summed E-state index contributed by atoms with van der Waals surface area (Å²) in [6, 6.07) is 2.04. The highest BCUT2D eigenvalue weighted by molar-refractivity contribution is 8.00. The summed E-state index contributed by atoms with van der Waals surface area (Å²) in [5.41, 5.74) is 0.374. The van der Waals surface area contributed by atoms with Crippen LogP contribution in [0, 0.1) is 11.3 Å². The largest absolute Gasteiger partial charge is 0.415 e. The smallest absolute Gasteiger partial charge is 0.282 e. The van der Waals surface area contributed by atoms with Crippen molar-refractivity contribution in [3.05, 3.63) is 16.6 Å². The molecular formula is C12H11ClN4OS2. The molecule has 8 heteroatoms. The van der Waals surface area contributed by atoms with E-state index in [9.17, 15) is 0 Å². The standard InChI is InChI=1S/C12H11ClN4OS2/c13-9-8(6-14)11(20-17-9)19-12-16-15-10(18-12)7-4-2-1-3-5-7/h7H,1-5H2. The molecular weight excluding hydrogens is 316 g/mol. The van der Waals surface area contributed by atoms with Gasteiger partial charge in [0.25, 0.3) is 5.22 Å². The molecule has 0 saturated heterocycles. The lowest BCUT2D eigenvalue weighted by Crippen LogP contribution is -2.04. The summed E-state index contributed by atoms with van der Waals surface area (Å²) in [4.78, 5) is 0. The Balaban J connectivity index is 1.75. The van der Waals surface area contributed by atoms with Crippen molar-refractivity contribution in [3.8, 4) is 6.07 Å². The number of hydrogen-bond acceptors (Lipinski definition) is 7. The normalized spacial score (nSPS) is 16.2. The van der Waals surface area contributed by atoms with Crippen LogP contribution in [0.4, 0.5) is 0 Å². The third-order valence-corrected chi connectivity index (χ3v) is 5.51. The maximum absolute atomic E-state index is 9.03. The van der Waals surface area contributed by atoms with Gasteiger partial charge in [0.15, 0.2) is 5.15 Å². The third kappa shape index (κ3) is 2.82. The average Bonchev–Trinajstić information content (AvgIpc) is 3.08. The van der Waals surface area contributed by atoms with Gasteiger partial charge in [0, 0.05) is 5.92 Å². The Labute approximate surface area is 129 Å². The number of halogens is 1. The lowest BCUT2D eigenvalue weighted by Gasteiger charge is -2.17. The molecule has 2 aromatic heterocycles. The summed E-state index contributed by atoms with van der Waals surface area (Å²) in [5, 5.41) is 17.9. The van der Waals surface area contributed by atoms with Crippen LogP contribution in [-0.2, 0) is 0 Å². The Morgan fingerprint density at radius 3 is 2.85 bits per heavy atom. The van der Waals surface area contributed by atoms with E-state index in [-0.39, 0.29) is 5.15 Å². The molecule has 1 saturated carbocycles. The van der Waals surface area contributed by atoms with Crippen LogP contribution in [0.1, 0.15) is 49.5 Å². The summed E-state index contributed by atoms with van der Waals surface area (Å²) < 4.78 is 10.3. The van der Waals surface area contributed by atoms with Crippen LogP contribution in [0.25, 0.3) is 0 Å². The maximum atomic E-state index is 9.03. The fraction of sp³-hybridized carbons (Fsp3) is 0.500. The van der Waals surface area contributed by atoms with Gasteiger partial charge in [-0.3, -0.25) is 0 Å². The molecule has 5 nitrogen and oxygen atoms in total. The Morgan fingerprint density at radius 2 is 2.10 bits per heavy atom. The van der Waals surface area contributed by atoms with E-state index < -0.39 is 0 Å². The van der Waals surface area contributed by atoms with Crippen LogP contribution in [0.3, 0.4) is 0 Å². The molecule has 0 aromatic carbocycles. The molecule has 0 aliphatic heterocycles. The van der Waals surface area contributed by atoms with Crippen molar-refractivity contribution in [2.24, 2.45) is 0 Å². The zero-order valence-electron chi connectivity index (χ0n) is 10.5. The van der Waals surface area contributed by atoms with Gasteiger partial charge in [0.1, 0.15) is 15.8 Å². The molecule has 104 valence electrons. The first-order chi connectivity index (χ1) is 9.78. The molecule has 1 fully saturated rings. The molecule has 20 heavy (non-hydrogen) atoms. The van der Waals surface area contributed by atoms with E-state index in [4.69, 9.17) is 21.3 Å². The van der Waals surface area contributed by atoms with Crippen LogP contribution in [0.15, 0.2) is 13.8 Å². The first kappa shape index (κ1) is 13.9. The lowest BCUT2D eigenvalue weighted by molar-refractivity contribution is 0.334. The summed E-state index contributed by atoms with van der Waals surface area (Å²) in [6.45, 7) is 0.